The third-order valence-electron chi connectivity index (χ3n) is 15.4. The minimum Gasteiger partial charge on any atom is -0.462 e. The number of ether oxygens (including phenoxy) is 4. The highest BCUT2D eigenvalue weighted by Crippen LogP contribution is 2.89. The first-order valence-electron chi connectivity index (χ1n) is 16.6. The van der Waals surface area contributed by atoms with Crippen LogP contribution in [0, 0.1) is 44.8 Å². The standard InChI is InChI=1S/C35H58O5/c1-11-32(7,38-10)27-14-16-33(8,40-27)28-23(37-9)20-31(6)25-13-12-24-29(3,4)26(39-22(2)36)15-17-34(24)21-35(25,34)19-18-30(28,31)5/h23-28H,11-21H2,1-10H3/t23?,24?,25?,26?,27?,28?,30-,31+,32?,33-,34?,35?/m1/s1. The zero-order valence-corrected chi connectivity index (χ0v) is 27.3. The van der Waals surface area contributed by atoms with E-state index in [0.717, 1.165) is 38.0 Å². The molecule has 0 aromatic heterocycles. The van der Waals surface area contributed by atoms with Crippen LogP contribution in [-0.4, -0.2) is 49.7 Å². The molecule has 1 saturated heterocycles. The van der Waals surface area contributed by atoms with E-state index in [4.69, 9.17) is 18.9 Å². The summed E-state index contributed by atoms with van der Waals surface area (Å²) in [7, 11) is 3.80. The van der Waals surface area contributed by atoms with E-state index in [1.807, 2.05) is 14.2 Å². The molecule has 6 fully saturated rings. The fourth-order valence-electron chi connectivity index (χ4n) is 13.1. The smallest absolute Gasteiger partial charge is 0.302 e. The topological polar surface area (TPSA) is 54.0 Å². The van der Waals surface area contributed by atoms with Crippen LogP contribution in [-0.2, 0) is 23.7 Å². The molecule has 0 amide bonds. The number of carbonyl (C=O) groups is 1. The summed E-state index contributed by atoms with van der Waals surface area (Å²) in [6, 6.07) is 0. The monoisotopic (exact) mass is 558 g/mol. The molecule has 6 rings (SSSR count). The van der Waals surface area contributed by atoms with Crippen molar-refractivity contribution in [3.05, 3.63) is 0 Å². The van der Waals surface area contributed by atoms with Gasteiger partial charge >= 0.3 is 5.97 Å². The second-order valence-corrected chi connectivity index (χ2v) is 16.7. The maximum absolute atomic E-state index is 12.0. The molecule has 1 aliphatic heterocycles. The van der Waals surface area contributed by atoms with Crippen molar-refractivity contribution in [1.29, 1.82) is 0 Å². The lowest BCUT2D eigenvalue weighted by atomic mass is 9.41. The van der Waals surface area contributed by atoms with Gasteiger partial charge in [-0.3, -0.25) is 4.79 Å². The highest BCUT2D eigenvalue weighted by atomic mass is 16.6. The third-order valence-corrected chi connectivity index (χ3v) is 15.4. The van der Waals surface area contributed by atoms with Crippen LogP contribution in [0.1, 0.15) is 126 Å². The largest absolute Gasteiger partial charge is 0.462 e. The van der Waals surface area contributed by atoms with Gasteiger partial charge in [0, 0.05) is 32.5 Å². The number of hydrogen-bond acceptors (Lipinski definition) is 5. The number of rotatable bonds is 6. The summed E-state index contributed by atoms with van der Waals surface area (Å²) in [6.45, 7) is 18.5. The van der Waals surface area contributed by atoms with Gasteiger partial charge in [0.15, 0.2) is 0 Å². The molecule has 228 valence electrons. The molecule has 40 heavy (non-hydrogen) atoms. The lowest BCUT2D eigenvalue weighted by molar-refractivity contribution is -0.204. The van der Waals surface area contributed by atoms with Crippen LogP contribution < -0.4 is 0 Å². The molecular weight excluding hydrogens is 500 g/mol. The van der Waals surface area contributed by atoms with Crippen molar-refractivity contribution in [2.75, 3.05) is 14.2 Å². The highest BCUT2D eigenvalue weighted by molar-refractivity contribution is 5.66. The minimum absolute atomic E-state index is 0.0424. The third kappa shape index (κ3) is 3.46. The van der Waals surface area contributed by atoms with Crippen molar-refractivity contribution in [2.45, 2.75) is 156 Å². The average molecular weight is 559 g/mol. The molecule has 6 aliphatic rings. The van der Waals surface area contributed by atoms with Crippen LogP contribution in [0.3, 0.4) is 0 Å². The van der Waals surface area contributed by atoms with Crippen LogP contribution in [0.4, 0.5) is 0 Å². The Morgan fingerprint density at radius 2 is 1.57 bits per heavy atom. The normalized spacial score (nSPS) is 54.0. The summed E-state index contributed by atoms with van der Waals surface area (Å²) in [6.07, 6.45) is 13.5. The first kappa shape index (κ1) is 29.4. The molecule has 1 heterocycles. The molecule has 5 heteroatoms. The van der Waals surface area contributed by atoms with Gasteiger partial charge in [-0.25, -0.2) is 0 Å². The summed E-state index contributed by atoms with van der Waals surface area (Å²) >= 11 is 0. The van der Waals surface area contributed by atoms with Crippen molar-refractivity contribution in [3.8, 4) is 0 Å². The predicted octanol–water partition coefficient (Wildman–Crippen LogP) is 7.73. The summed E-state index contributed by atoms with van der Waals surface area (Å²) in [5.74, 6) is 1.65. The van der Waals surface area contributed by atoms with E-state index in [2.05, 4.69) is 48.5 Å². The Morgan fingerprint density at radius 1 is 0.900 bits per heavy atom. The average Bonchev–Trinajstić information content (AvgIpc) is 3.28. The molecule has 5 nitrogen and oxygen atoms in total. The fourth-order valence-corrected chi connectivity index (χ4v) is 13.1. The Balaban J connectivity index is 1.31. The van der Waals surface area contributed by atoms with E-state index in [9.17, 15) is 4.79 Å². The van der Waals surface area contributed by atoms with Crippen LogP contribution in [0.2, 0.25) is 0 Å². The fraction of sp³-hybridized carbons (Fsp3) is 0.971. The Hall–Kier alpha value is -0.650. The van der Waals surface area contributed by atoms with Gasteiger partial charge in [-0.2, -0.15) is 0 Å². The Labute approximate surface area is 244 Å². The van der Waals surface area contributed by atoms with Gasteiger partial charge in [0.1, 0.15) is 6.10 Å². The van der Waals surface area contributed by atoms with E-state index >= 15 is 0 Å². The summed E-state index contributed by atoms with van der Waals surface area (Å²) in [5.41, 5.74) is 0.913. The van der Waals surface area contributed by atoms with Crippen molar-refractivity contribution < 1.29 is 23.7 Å². The first-order valence-corrected chi connectivity index (χ1v) is 16.6. The molecular formula is C35H58O5. The van der Waals surface area contributed by atoms with Gasteiger partial charge in [-0.15, -0.1) is 0 Å². The number of hydrogen-bond donors (Lipinski definition) is 0. The van der Waals surface area contributed by atoms with Gasteiger partial charge in [-0.05, 0) is 118 Å². The molecule has 12 atom stereocenters. The van der Waals surface area contributed by atoms with Gasteiger partial charge in [0.25, 0.3) is 0 Å². The lowest BCUT2D eigenvalue weighted by Crippen LogP contribution is -2.59. The molecule has 0 aromatic carbocycles. The maximum atomic E-state index is 12.0. The summed E-state index contributed by atoms with van der Waals surface area (Å²) < 4.78 is 25.6. The molecule has 9 unspecified atom stereocenters. The molecule has 0 radical (unpaired) electrons. The SMILES string of the molecule is CCC(C)(OC)C1CC[C@](C)(C2C(OC)C[C@@]3(C)C4CCC5C(C)(C)C(OC(C)=O)CCC56CC46CC[C@]23C)O1. The first-order chi connectivity index (χ1) is 18.6. The number of fused-ring (bicyclic) bond motifs is 2. The molecule has 0 aromatic rings. The zero-order chi connectivity index (χ0) is 29.1. The molecule has 5 aliphatic carbocycles. The van der Waals surface area contributed by atoms with E-state index in [0.29, 0.717) is 22.7 Å². The Morgan fingerprint density at radius 3 is 2.20 bits per heavy atom. The quantitative estimate of drug-likeness (QED) is 0.312. The number of esters is 1. The van der Waals surface area contributed by atoms with E-state index in [-0.39, 0.29) is 51.7 Å². The van der Waals surface area contributed by atoms with Gasteiger partial charge in [-0.1, -0.05) is 34.6 Å². The van der Waals surface area contributed by atoms with E-state index in [1.54, 1.807) is 6.92 Å². The van der Waals surface area contributed by atoms with Gasteiger partial charge < -0.3 is 18.9 Å². The maximum Gasteiger partial charge on any atom is 0.302 e. The zero-order valence-electron chi connectivity index (χ0n) is 27.3. The van der Waals surface area contributed by atoms with Crippen molar-refractivity contribution in [2.24, 2.45) is 44.8 Å². The van der Waals surface area contributed by atoms with Crippen LogP contribution >= 0.6 is 0 Å². The number of methoxy groups -OCH3 is 2. The van der Waals surface area contributed by atoms with Gasteiger partial charge in [0.05, 0.1) is 23.4 Å². The Kier molecular flexibility index (Phi) is 6.58. The summed E-state index contributed by atoms with van der Waals surface area (Å²) in [4.78, 5) is 12.0. The van der Waals surface area contributed by atoms with Crippen molar-refractivity contribution in [1.82, 2.24) is 0 Å². The molecule has 2 spiro atoms. The van der Waals surface area contributed by atoms with Crippen molar-refractivity contribution >= 4 is 5.97 Å². The molecule has 0 N–H and O–H groups in total. The predicted molar refractivity (Wildman–Crippen MR) is 157 cm³/mol. The molecule has 5 saturated carbocycles. The van der Waals surface area contributed by atoms with Crippen molar-refractivity contribution in [3.63, 3.8) is 0 Å². The number of carbonyl (C=O) groups excluding carboxylic acids is 1. The molecule has 0 bridgehead atoms. The van der Waals surface area contributed by atoms with Crippen LogP contribution in [0.25, 0.3) is 0 Å². The van der Waals surface area contributed by atoms with Gasteiger partial charge in [0.2, 0.25) is 0 Å². The Bertz CT molecular complexity index is 1030. The minimum atomic E-state index is -0.240. The highest BCUT2D eigenvalue weighted by Gasteiger charge is 2.83. The van der Waals surface area contributed by atoms with Crippen LogP contribution in [0.15, 0.2) is 0 Å². The van der Waals surface area contributed by atoms with Crippen LogP contribution in [0.5, 0.6) is 0 Å². The second-order valence-electron chi connectivity index (χ2n) is 16.7. The van der Waals surface area contributed by atoms with E-state index in [1.165, 1.54) is 38.5 Å². The lowest BCUT2D eigenvalue weighted by Gasteiger charge is -2.63. The van der Waals surface area contributed by atoms with E-state index < -0.39 is 0 Å². The second kappa shape index (κ2) is 8.94. The summed E-state index contributed by atoms with van der Waals surface area (Å²) in [5, 5.41) is 0.